The quantitative estimate of drug-likeness (QED) is 0.747. The van der Waals surface area contributed by atoms with E-state index in [0.717, 1.165) is 32.2 Å². The second-order valence-corrected chi connectivity index (χ2v) is 6.07. The van der Waals surface area contributed by atoms with Crippen molar-refractivity contribution in [3.05, 3.63) is 0 Å². The molecule has 0 fully saturated rings. The molecule has 0 saturated heterocycles. The van der Waals surface area contributed by atoms with Crippen molar-refractivity contribution in [2.24, 2.45) is 5.41 Å². The summed E-state index contributed by atoms with van der Waals surface area (Å²) < 4.78 is 0. The first-order valence-electron chi connectivity index (χ1n) is 6.70. The lowest BCUT2D eigenvalue weighted by atomic mass is 9.90. The summed E-state index contributed by atoms with van der Waals surface area (Å²) in [6.45, 7) is 11.5. The second kappa shape index (κ2) is 7.70. The van der Waals surface area contributed by atoms with Crippen molar-refractivity contribution in [1.82, 2.24) is 4.90 Å². The van der Waals surface area contributed by atoms with Gasteiger partial charge in [-0.15, -0.1) is 0 Å². The Balaban J connectivity index is 4.03. The first kappa shape index (κ1) is 16.4. The van der Waals surface area contributed by atoms with Gasteiger partial charge in [-0.1, -0.05) is 34.1 Å². The molecule has 102 valence electrons. The van der Waals surface area contributed by atoms with Gasteiger partial charge in [0.2, 0.25) is 5.91 Å². The molecular weight excluding hydrogens is 214 g/mol. The van der Waals surface area contributed by atoms with Crippen LogP contribution < -0.4 is 0 Å². The van der Waals surface area contributed by atoms with Crippen molar-refractivity contribution in [2.45, 2.75) is 66.4 Å². The summed E-state index contributed by atoms with van der Waals surface area (Å²) in [5, 5.41) is 9.73. The van der Waals surface area contributed by atoms with Crippen LogP contribution in [0.5, 0.6) is 0 Å². The summed E-state index contributed by atoms with van der Waals surface area (Å²) in [6.07, 6.45) is 3.44. The molecule has 1 unspecified atom stereocenters. The standard InChI is InChI=1S/C14H29NO2/c1-6-8-13(17)11-15(12(2)16)10-7-9-14(3,4)5/h13,17H,6-11H2,1-5H3. The fourth-order valence-corrected chi connectivity index (χ4v) is 1.86. The van der Waals surface area contributed by atoms with Crippen molar-refractivity contribution in [3.8, 4) is 0 Å². The van der Waals surface area contributed by atoms with E-state index < -0.39 is 0 Å². The van der Waals surface area contributed by atoms with Gasteiger partial charge in [0.1, 0.15) is 0 Å². The molecule has 0 spiro atoms. The molecule has 0 aliphatic rings. The number of aliphatic hydroxyl groups is 1. The lowest BCUT2D eigenvalue weighted by Crippen LogP contribution is -2.37. The molecule has 0 rings (SSSR count). The highest BCUT2D eigenvalue weighted by atomic mass is 16.3. The van der Waals surface area contributed by atoms with Gasteiger partial charge in [0, 0.05) is 20.0 Å². The monoisotopic (exact) mass is 243 g/mol. The highest BCUT2D eigenvalue weighted by molar-refractivity contribution is 5.73. The van der Waals surface area contributed by atoms with E-state index in [9.17, 15) is 9.90 Å². The number of rotatable bonds is 7. The van der Waals surface area contributed by atoms with Gasteiger partial charge in [0.15, 0.2) is 0 Å². The van der Waals surface area contributed by atoms with Gasteiger partial charge in [-0.2, -0.15) is 0 Å². The van der Waals surface area contributed by atoms with Crippen LogP contribution in [0.15, 0.2) is 0 Å². The molecule has 3 nitrogen and oxygen atoms in total. The number of aliphatic hydroxyl groups excluding tert-OH is 1. The summed E-state index contributed by atoms with van der Waals surface area (Å²) in [4.78, 5) is 13.2. The van der Waals surface area contributed by atoms with E-state index in [0.29, 0.717) is 12.0 Å². The highest BCUT2D eigenvalue weighted by Crippen LogP contribution is 2.20. The minimum atomic E-state index is -0.376. The van der Waals surface area contributed by atoms with Gasteiger partial charge in [0.25, 0.3) is 0 Å². The van der Waals surface area contributed by atoms with Crippen molar-refractivity contribution in [2.75, 3.05) is 13.1 Å². The molecule has 0 bridgehead atoms. The zero-order chi connectivity index (χ0) is 13.5. The molecule has 0 heterocycles. The summed E-state index contributed by atoms with van der Waals surface area (Å²) in [5.74, 6) is 0.0639. The molecule has 0 aromatic rings. The third-order valence-corrected chi connectivity index (χ3v) is 2.85. The molecule has 1 atom stereocenters. The van der Waals surface area contributed by atoms with Gasteiger partial charge < -0.3 is 10.0 Å². The molecule has 0 aliphatic heterocycles. The van der Waals surface area contributed by atoms with E-state index in [1.807, 2.05) is 6.92 Å². The van der Waals surface area contributed by atoms with Crippen molar-refractivity contribution in [1.29, 1.82) is 0 Å². The Bertz CT molecular complexity index is 221. The number of amides is 1. The number of carbonyl (C=O) groups is 1. The van der Waals surface area contributed by atoms with Gasteiger partial charge in [0.05, 0.1) is 6.10 Å². The SMILES string of the molecule is CCCC(O)CN(CCCC(C)(C)C)C(C)=O. The highest BCUT2D eigenvalue weighted by Gasteiger charge is 2.15. The Morgan fingerprint density at radius 1 is 1.35 bits per heavy atom. The van der Waals surface area contributed by atoms with Crippen LogP contribution in [0.4, 0.5) is 0 Å². The predicted molar refractivity (Wildman–Crippen MR) is 71.9 cm³/mol. The number of carbonyl (C=O) groups excluding carboxylic acids is 1. The number of hydrogen-bond donors (Lipinski definition) is 1. The largest absolute Gasteiger partial charge is 0.391 e. The van der Waals surface area contributed by atoms with E-state index in [1.54, 1.807) is 11.8 Å². The van der Waals surface area contributed by atoms with E-state index in [1.165, 1.54) is 0 Å². The van der Waals surface area contributed by atoms with Crippen molar-refractivity contribution in [3.63, 3.8) is 0 Å². The molecule has 0 aromatic heterocycles. The lowest BCUT2D eigenvalue weighted by Gasteiger charge is -2.26. The van der Waals surface area contributed by atoms with Gasteiger partial charge >= 0.3 is 0 Å². The summed E-state index contributed by atoms with van der Waals surface area (Å²) in [6, 6.07) is 0. The lowest BCUT2D eigenvalue weighted by molar-refractivity contribution is -0.130. The summed E-state index contributed by atoms with van der Waals surface area (Å²) in [7, 11) is 0. The van der Waals surface area contributed by atoms with Gasteiger partial charge in [-0.05, 0) is 24.7 Å². The Morgan fingerprint density at radius 3 is 2.35 bits per heavy atom. The minimum Gasteiger partial charge on any atom is -0.391 e. The smallest absolute Gasteiger partial charge is 0.219 e. The zero-order valence-corrected chi connectivity index (χ0v) is 12.1. The first-order chi connectivity index (χ1) is 7.76. The molecule has 0 radical (unpaired) electrons. The van der Waals surface area contributed by atoms with E-state index in [-0.39, 0.29) is 12.0 Å². The Labute approximate surface area is 106 Å². The Morgan fingerprint density at radius 2 is 1.94 bits per heavy atom. The van der Waals surface area contributed by atoms with Crippen molar-refractivity contribution >= 4 is 5.91 Å². The fourth-order valence-electron chi connectivity index (χ4n) is 1.86. The molecule has 0 saturated carbocycles. The number of nitrogens with zero attached hydrogens (tertiary/aromatic N) is 1. The van der Waals surface area contributed by atoms with Crippen LogP contribution in [0.2, 0.25) is 0 Å². The van der Waals surface area contributed by atoms with Gasteiger partial charge in [-0.25, -0.2) is 0 Å². The Hall–Kier alpha value is -0.570. The number of hydrogen-bond acceptors (Lipinski definition) is 2. The topological polar surface area (TPSA) is 40.5 Å². The molecule has 0 aromatic carbocycles. The molecule has 1 N–H and O–H groups in total. The van der Waals surface area contributed by atoms with Crippen LogP contribution in [0.25, 0.3) is 0 Å². The normalized spacial score (nSPS) is 13.5. The van der Waals surface area contributed by atoms with E-state index in [2.05, 4.69) is 20.8 Å². The Kier molecular flexibility index (Phi) is 7.44. The molecule has 1 amide bonds. The van der Waals surface area contributed by atoms with Crippen LogP contribution in [0.1, 0.15) is 60.3 Å². The van der Waals surface area contributed by atoms with Crippen LogP contribution in [0, 0.1) is 5.41 Å². The molecule has 17 heavy (non-hydrogen) atoms. The van der Waals surface area contributed by atoms with E-state index >= 15 is 0 Å². The van der Waals surface area contributed by atoms with E-state index in [4.69, 9.17) is 0 Å². The van der Waals surface area contributed by atoms with Crippen LogP contribution in [-0.2, 0) is 4.79 Å². The zero-order valence-electron chi connectivity index (χ0n) is 12.1. The van der Waals surface area contributed by atoms with Crippen LogP contribution >= 0.6 is 0 Å². The maximum absolute atomic E-state index is 11.5. The third-order valence-electron chi connectivity index (χ3n) is 2.85. The maximum atomic E-state index is 11.5. The molecular formula is C14H29NO2. The van der Waals surface area contributed by atoms with Crippen molar-refractivity contribution < 1.29 is 9.90 Å². The average Bonchev–Trinajstić information content (AvgIpc) is 2.14. The van der Waals surface area contributed by atoms with Gasteiger partial charge in [-0.3, -0.25) is 4.79 Å². The predicted octanol–water partition coefficient (Wildman–Crippen LogP) is 2.82. The molecule has 0 aliphatic carbocycles. The van der Waals surface area contributed by atoms with Crippen LogP contribution in [0.3, 0.4) is 0 Å². The van der Waals surface area contributed by atoms with Crippen LogP contribution in [-0.4, -0.2) is 35.1 Å². The fraction of sp³-hybridized carbons (Fsp3) is 0.929. The summed E-state index contributed by atoms with van der Waals surface area (Å²) >= 11 is 0. The second-order valence-electron chi connectivity index (χ2n) is 6.07. The summed E-state index contributed by atoms with van der Waals surface area (Å²) in [5.41, 5.74) is 0.310. The minimum absolute atomic E-state index is 0.0639. The first-order valence-corrected chi connectivity index (χ1v) is 6.70. The molecule has 3 heteroatoms. The average molecular weight is 243 g/mol. The maximum Gasteiger partial charge on any atom is 0.219 e. The third kappa shape index (κ3) is 9.16.